The number of carbonyl (C=O) groups excluding carboxylic acids is 5. The van der Waals surface area contributed by atoms with Crippen molar-refractivity contribution >= 4 is 49.1 Å². The molecule has 14 heteroatoms. The van der Waals surface area contributed by atoms with Crippen LogP contribution < -0.4 is 21.7 Å². The van der Waals surface area contributed by atoms with E-state index in [2.05, 4.69) is 37.6 Å². The molecule has 5 N–H and O–H groups in total. The second-order valence-electron chi connectivity index (χ2n) is 9.52. The van der Waals surface area contributed by atoms with E-state index in [1.54, 1.807) is 11.8 Å². The minimum atomic E-state index is -0.377. The number of imide groups is 1. The van der Waals surface area contributed by atoms with Gasteiger partial charge in [-0.25, -0.2) is 0 Å². The van der Waals surface area contributed by atoms with Crippen LogP contribution >= 0.6 is 11.8 Å². The van der Waals surface area contributed by atoms with Crippen molar-refractivity contribution in [1.82, 2.24) is 20.9 Å². The fraction of sp³-hybridized carbons (Fsp3) is 0.792. The Labute approximate surface area is 230 Å². The molecule has 0 aromatic rings. The van der Waals surface area contributed by atoms with Gasteiger partial charge in [0, 0.05) is 58.4 Å². The van der Waals surface area contributed by atoms with E-state index < -0.39 is 0 Å². The van der Waals surface area contributed by atoms with Gasteiger partial charge in [0.1, 0.15) is 7.85 Å². The Morgan fingerprint density at radius 1 is 0.974 bits per heavy atom. The SMILES string of the molecule is BC(C)(CCC)SC1CC(=O)N(CCC(=O)NCCOCCOCCC(=O)NCCNC(=O)CCN)C1=O. The highest BCUT2D eigenvalue weighted by Crippen LogP contribution is 2.36. The van der Waals surface area contributed by atoms with Gasteiger partial charge in [-0.2, -0.15) is 11.8 Å². The van der Waals surface area contributed by atoms with E-state index in [1.807, 2.05) is 0 Å². The summed E-state index contributed by atoms with van der Waals surface area (Å²) in [6.07, 6.45) is 2.67. The molecule has 0 radical (unpaired) electrons. The van der Waals surface area contributed by atoms with Crippen molar-refractivity contribution in [3.8, 4) is 0 Å². The number of nitrogens with one attached hydrogen (secondary N) is 3. The number of likely N-dealkylation sites (tertiary alicyclic amines) is 1. The summed E-state index contributed by atoms with van der Waals surface area (Å²) in [5.41, 5.74) is 5.28. The molecule has 2 unspecified atom stereocenters. The first-order chi connectivity index (χ1) is 18.1. The fourth-order valence-corrected chi connectivity index (χ4v) is 5.33. The Morgan fingerprint density at radius 2 is 1.55 bits per heavy atom. The minimum absolute atomic E-state index is 0.0540. The van der Waals surface area contributed by atoms with Gasteiger partial charge in [-0.1, -0.05) is 20.3 Å². The number of hydrogen-bond donors (Lipinski definition) is 4. The molecule has 1 aliphatic rings. The van der Waals surface area contributed by atoms with Gasteiger partial charge in [0.25, 0.3) is 0 Å². The predicted molar refractivity (Wildman–Crippen MR) is 148 cm³/mol. The molecule has 1 fully saturated rings. The lowest BCUT2D eigenvalue weighted by Crippen LogP contribution is -2.37. The molecule has 0 bridgehead atoms. The number of thioether (sulfide) groups is 1. The first-order valence-corrected chi connectivity index (χ1v) is 14.1. The molecule has 0 aliphatic carbocycles. The highest BCUT2D eigenvalue weighted by atomic mass is 32.2. The quantitative estimate of drug-likeness (QED) is 0.0746. The van der Waals surface area contributed by atoms with Gasteiger partial charge >= 0.3 is 0 Å². The lowest BCUT2D eigenvalue weighted by Gasteiger charge is -2.26. The summed E-state index contributed by atoms with van der Waals surface area (Å²) in [6, 6.07) is 0. The highest BCUT2D eigenvalue weighted by Gasteiger charge is 2.41. The molecule has 0 spiro atoms. The Hall–Kier alpha value is -2.16. The molecule has 5 amide bonds. The lowest BCUT2D eigenvalue weighted by molar-refractivity contribution is -0.138. The van der Waals surface area contributed by atoms with Crippen LogP contribution in [0.25, 0.3) is 0 Å². The second-order valence-corrected chi connectivity index (χ2v) is 11.4. The molecular formula is C24H44BN5O7S. The van der Waals surface area contributed by atoms with Crippen LogP contribution in [0.2, 0.25) is 0 Å². The van der Waals surface area contributed by atoms with Crippen molar-refractivity contribution in [2.24, 2.45) is 5.73 Å². The minimum Gasteiger partial charge on any atom is -0.379 e. The van der Waals surface area contributed by atoms with E-state index in [0.717, 1.165) is 12.8 Å². The summed E-state index contributed by atoms with van der Waals surface area (Å²) in [6.45, 7) is 6.70. The molecule has 0 aromatic heterocycles. The molecule has 1 saturated heterocycles. The topological polar surface area (TPSA) is 169 Å². The van der Waals surface area contributed by atoms with Gasteiger partial charge in [-0.15, -0.1) is 0 Å². The summed E-state index contributed by atoms with van der Waals surface area (Å²) in [7, 11) is 2.08. The van der Waals surface area contributed by atoms with Gasteiger partial charge < -0.3 is 31.2 Å². The Morgan fingerprint density at radius 3 is 2.18 bits per heavy atom. The van der Waals surface area contributed by atoms with Crippen molar-refractivity contribution in [2.75, 3.05) is 59.2 Å². The van der Waals surface area contributed by atoms with Crippen LogP contribution in [0.3, 0.4) is 0 Å². The zero-order valence-electron chi connectivity index (χ0n) is 23.0. The molecule has 216 valence electrons. The van der Waals surface area contributed by atoms with Crippen LogP contribution in [0, 0.1) is 0 Å². The summed E-state index contributed by atoms with van der Waals surface area (Å²) >= 11 is 1.54. The lowest BCUT2D eigenvalue weighted by atomic mass is 9.84. The third-order valence-corrected chi connectivity index (χ3v) is 7.13. The standard InChI is InChI=1S/C24H44BN5O7S/c1-3-7-24(2,25)38-18-17-22(34)30(23(18)35)12-5-20(32)29-11-14-37-16-15-36-13-6-21(33)28-10-9-27-19(31)4-8-26/h18H,3-17,25-26H2,1-2H3,(H,27,31)(H,28,33)(H,29,32). The van der Waals surface area contributed by atoms with E-state index in [9.17, 15) is 24.0 Å². The third kappa shape index (κ3) is 14.7. The summed E-state index contributed by atoms with van der Waals surface area (Å²) in [5.74, 6) is -0.995. The number of hydrogen-bond acceptors (Lipinski definition) is 9. The smallest absolute Gasteiger partial charge is 0.242 e. The zero-order chi connectivity index (χ0) is 28.4. The van der Waals surface area contributed by atoms with Gasteiger partial charge in [-0.05, 0) is 11.1 Å². The number of rotatable bonds is 21. The van der Waals surface area contributed by atoms with Crippen molar-refractivity contribution in [3.05, 3.63) is 0 Å². The van der Waals surface area contributed by atoms with Crippen molar-refractivity contribution in [1.29, 1.82) is 0 Å². The van der Waals surface area contributed by atoms with Crippen LogP contribution in [0.5, 0.6) is 0 Å². The van der Waals surface area contributed by atoms with Crippen LogP contribution in [0.4, 0.5) is 0 Å². The van der Waals surface area contributed by atoms with Crippen LogP contribution in [0.15, 0.2) is 0 Å². The Balaban J connectivity index is 2.03. The molecule has 38 heavy (non-hydrogen) atoms. The number of ether oxygens (including phenoxy) is 2. The van der Waals surface area contributed by atoms with Crippen molar-refractivity contribution < 1.29 is 33.4 Å². The molecule has 1 heterocycles. The highest BCUT2D eigenvalue weighted by molar-refractivity contribution is 8.03. The maximum absolute atomic E-state index is 12.6. The molecule has 1 aliphatic heterocycles. The third-order valence-electron chi connectivity index (χ3n) is 5.63. The number of carbonyl (C=O) groups is 5. The predicted octanol–water partition coefficient (Wildman–Crippen LogP) is -1.49. The van der Waals surface area contributed by atoms with Crippen LogP contribution in [0.1, 0.15) is 52.4 Å². The van der Waals surface area contributed by atoms with Crippen molar-refractivity contribution in [3.63, 3.8) is 0 Å². The molecule has 0 saturated carbocycles. The molecule has 12 nitrogen and oxygen atoms in total. The van der Waals surface area contributed by atoms with Crippen LogP contribution in [-0.4, -0.2) is 111 Å². The number of nitrogens with zero attached hydrogens (tertiary/aromatic N) is 1. The first-order valence-electron chi connectivity index (χ1n) is 13.3. The van der Waals surface area contributed by atoms with E-state index in [0.29, 0.717) is 32.8 Å². The Bertz CT molecular complexity index is 787. The Kier molecular flexibility index (Phi) is 16.9. The van der Waals surface area contributed by atoms with Gasteiger partial charge in [0.2, 0.25) is 29.5 Å². The summed E-state index contributed by atoms with van der Waals surface area (Å²) in [4.78, 5) is 61.1. The summed E-state index contributed by atoms with van der Waals surface area (Å²) < 4.78 is 10.7. The van der Waals surface area contributed by atoms with E-state index in [4.69, 9.17) is 15.2 Å². The number of nitrogens with two attached hydrogens (primary N) is 1. The maximum atomic E-state index is 12.6. The normalized spacial score (nSPS) is 16.8. The average molecular weight is 558 g/mol. The van der Waals surface area contributed by atoms with Crippen molar-refractivity contribution in [2.45, 2.75) is 62.3 Å². The second kappa shape index (κ2) is 19.0. The van der Waals surface area contributed by atoms with Gasteiger partial charge in [0.05, 0.1) is 31.7 Å². The fourth-order valence-electron chi connectivity index (χ4n) is 3.79. The van der Waals surface area contributed by atoms with E-state index in [-0.39, 0.29) is 91.4 Å². The maximum Gasteiger partial charge on any atom is 0.242 e. The van der Waals surface area contributed by atoms with E-state index >= 15 is 0 Å². The molecule has 1 rings (SSSR count). The monoisotopic (exact) mass is 557 g/mol. The van der Waals surface area contributed by atoms with Gasteiger partial charge in [0.15, 0.2) is 0 Å². The van der Waals surface area contributed by atoms with E-state index in [1.165, 1.54) is 4.90 Å². The molecule has 2 atom stereocenters. The number of amides is 5. The molecule has 0 aromatic carbocycles. The van der Waals surface area contributed by atoms with Crippen LogP contribution in [-0.2, 0) is 33.4 Å². The summed E-state index contributed by atoms with van der Waals surface area (Å²) in [5, 5.41) is 7.66. The molecular weight excluding hydrogens is 513 g/mol. The largest absolute Gasteiger partial charge is 0.379 e. The average Bonchev–Trinajstić information content (AvgIpc) is 3.10. The zero-order valence-corrected chi connectivity index (χ0v) is 23.8. The first kappa shape index (κ1) is 33.9. The van der Waals surface area contributed by atoms with Gasteiger partial charge in [-0.3, -0.25) is 28.9 Å².